The van der Waals surface area contributed by atoms with E-state index < -0.39 is 0 Å². The number of hydrogen-bond acceptors (Lipinski definition) is 3. The molecular formula is C21H20ClNO3. The van der Waals surface area contributed by atoms with Crippen LogP contribution in [0.25, 0.3) is 10.8 Å². The van der Waals surface area contributed by atoms with Crippen LogP contribution in [0, 0.1) is 0 Å². The van der Waals surface area contributed by atoms with E-state index in [1.807, 2.05) is 37.3 Å². The van der Waals surface area contributed by atoms with E-state index in [0.29, 0.717) is 35.2 Å². The van der Waals surface area contributed by atoms with Crippen LogP contribution in [0.4, 0.5) is 0 Å². The monoisotopic (exact) mass is 369 g/mol. The fourth-order valence-electron chi connectivity index (χ4n) is 2.86. The zero-order chi connectivity index (χ0) is 18.5. The van der Waals surface area contributed by atoms with Gasteiger partial charge in [0, 0.05) is 12.1 Å². The van der Waals surface area contributed by atoms with Gasteiger partial charge in [-0.15, -0.1) is 0 Å². The predicted octanol–water partition coefficient (Wildman–Crippen LogP) is 4.83. The zero-order valence-electron chi connectivity index (χ0n) is 14.7. The summed E-state index contributed by atoms with van der Waals surface area (Å²) in [7, 11) is 1.52. The summed E-state index contributed by atoms with van der Waals surface area (Å²) in [4.78, 5) is 12.6. The maximum atomic E-state index is 12.6. The minimum Gasteiger partial charge on any atom is -0.493 e. The van der Waals surface area contributed by atoms with Crippen molar-refractivity contribution in [1.29, 1.82) is 0 Å². The molecule has 0 aliphatic heterocycles. The highest BCUT2D eigenvalue weighted by molar-refractivity contribution is 6.32. The van der Waals surface area contributed by atoms with Crippen LogP contribution >= 0.6 is 11.6 Å². The Morgan fingerprint density at radius 3 is 2.65 bits per heavy atom. The van der Waals surface area contributed by atoms with Gasteiger partial charge in [0.2, 0.25) is 0 Å². The molecule has 0 aliphatic rings. The highest BCUT2D eigenvalue weighted by Gasteiger charge is 2.15. The van der Waals surface area contributed by atoms with Crippen LogP contribution in [-0.4, -0.2) is 19.6 Å². The van der Waals surface area contributed by atoms with Gasteiger partial charge >= 0.3 is 0 Å². The average Bonchev–Trinajstić information content (AvgIpc) is 2.67. The third kappa shape index (κ3) is 3.75. The molecule has 1 amide bonds. The number of amides is 1. The van der Waals surface area contributed by atoms with Gasteiger partial charge in [0.1, 0.15) is 0 Å². The first-order chi connectivity index (χ1) is 12.6. The number of rotatable bonds is 6. The zero-order valence-corrected chi connectivity index (χ0v) is 15.5. The topological polar surface area (TPSA) is 47.6 Å². The highest BCUT2D eigenvalue weighted by Crippen LogP contribution is 2.36. The molecule has 0 saturated heterocycles. The van der Waals surface area contributed by atoms with Crippen LogP contribution in [0.2, 0.25) is 5.02 Å². The molecule has 3 aromatic rings. The molecule has 26 heavy (non-hydrogen) atoms. The maximum absolute atomic E-state index is 12.6. The van der Waals surface area contributed by atoms with Crippen LogP contribution < -0.4 is 14.8 Å². The fourth-order valence-corrected chi connectivity index (χ4v) is 3.12. The van der Waals surface area contributed by atoms with E-state index in [-0.39, 0.29) is 5.91 Å². The molecular weight excluding hydrogens is 350 g/mol. The number of fused-ring (bicyclic) bond motifs is 1. The van der Waals surface area contributed by atoms with Gasteiger partial charge in [-0.25, -0.2) is 0 Å². The van der Waals surface area contributed by atoms with E-state index in [2.05, 4.69) is 17.4 Å². The Balaban J connectivity index is 1.81. The predicted molar refractivity (Wildman–Crippen MR) is 104 cm³/mol. The Bertz CT molecular complexity index is 934. The Morgan fingerprint density at radius 1 is 1.12 bits per heavy atom. The number of halogens is 1. The summed E-state index contributed by atoms with van der Waals surface area (Å²) in [6.07, 6.45) is 0. The number of carbonyl (C=O) groups excluding carboxylic acids is 1. The number of carbonyl (C=O) groups is 1. The molecule has 0 unspecified atom stereocenters. The normalized spacial score (nSPS) is 10.6. The molecule has 0 bridgehead atoms. The second-order valence-electron chi connectivity index (χ2n) is 5.74. The Labute approximate surface area is 157 Å². The molecule has 5 heteroatoms. The van der Waals surface area contributed by atoms with Gasteiger partial charge in [0.25, 0.3) is 5.91 Å². The fraction of sp³-hybridized carbons (Fsp3) is 0.190. The molecule has 3 rings (SSSR count). The third-order valence-corrected chi connectivity index (χ3v) is 4.38. The number of methoxy groups -OCH3 is 1. The SMILES string of the molecule is CCOc1c(Cl)cc(C(=O)NCc2cccc3ccccc23)cc1OC. The average molecular weight is 370 g/mol. The minimum absolute atomic E-state index is 0.221. The Morgan fingerprint density at radius 2 is 1.88 bits per heavy atom. The molecule has 3 aromatic carbocycles. The molecule has 0 aromatic heterocycles. The molecule has 0 spiro atoms. The number of benzene rings is 3. The van der Waals surface area contributed by atoms with Crippen LogP contribution in [0.5, 0.6) is 11.5 Å². The summed E-state index contributed by atoms with van der Waals surface area (Å²) < 4.78 is 10.8. The van der Waals surface area contributed by atoms with Crippen molar-refractivity contribution in [3.05, 3.63) is 70.7 Å². The van der Waals surface area contributed by atoms with Gasteiger partial charge in [0.15, 0.2) is 11.5 Å². The summed E-state index contributed by atoms with van der Waals surface area (Å²) in [5.74, 6) is 0.665. The molecule has 0 heterocycles. The molecule has 0 atom stereocenters. The molecule has 0 radical (unpaired) electrons. The van der Waals surface area contributed by atoms with Crippen LogP contribution in [0.3, 0.4) is 0 Å². The van der Waals surface area contributed by atoms with Crippen LogP contribution in [-0.2, 0) is 6.54 Å². The largest absolute Gasteiger partial charge is 0.493 e. The summed E-state index contributed by atoms with van der Waals surface area (Å²) in [5.41, 5.74) is 1.48. The molecule has 134 valence electrons. The van der Waals surface area contributed by atoms with Gasteiger partial charge < -0.3 is 14.8 Å². The van der Waals surface area contributed by atoms with E-state index >= 15 is 0 Å². The van der Waals surface area contributed by atoms with Crippen molar-refractivity contribution in [3.63, 3.8) is 0 Å². The van der Waals surface area contributed by atoms with Crippen LogP contribution in [0.15, 0.2) is 54.6 Å². The van der Waals surface area contributed by atoms with Crippen molar-refractivity contribution in [3.8, 4) is 11.5 Å². The first-order valence-electron chi connectivity index (χ1n) is 8.39. The van der Waals surface area contributed by atoms with Gasteiger partial charge in [-0.05, 0) is 35.4 Å². The van der Waals surface area contributed by atoms with E-state index in [4.69, 9.17) is 21.1 Å². The van der Waals surface area contributed by atoms with Crippen molar-refractivity contribution in [2.24, 2.45) is 0 Å². The molecule has 0 saturated carbocycles. The number of ether oxygens (including phenoxy) is 2. The maximum Gasteiger partial charge on any atom is 0.251 e. The van der Waals surface area contributed by atoms with Gasteiger partial charge in [-0.1, -0.05) is 54.1 Å². The first kappa shape index (κ1) is 18.1. The lowest BCUT2D eigenvalue weighted by Crippen LogP contribution is -2.23. The van der Waals surface area contributed by atoms with Crippen molar-refractivity contribution in [2.45, 2.75) is 13.5 Å². The molecule has 0 fully saturated rings. The van der Waals surface area contributed by atoms with Gasteiger partial charge in [0.05, 0.1) is 18.7 Å². The van der Waals surface area contributed by atoms with Crippen molar-refractivity contribution in [1.82, 2.24) is 5.32 Å². The third-order valence-electron chi connectivity index (χ3n) is 4.10. The molecule has 0 aliphatic carbocycles. The van der Waals surface area contributed by atoms with Crippen LogP contribution in [0.1, 0.15) is 22.8 Å². The second kappa shape index (κ2) is 8.11. The minimum atomic E-state index is -0.221. The van der Waals surface area contributed by atoms with Gasteiger partial charge in [-0.3, -0.25) is 4.79 Å². The molecule has 1 N–H and O–H groups in total. The quantitative estimate of drug-likeness (QED) is 0.677. The van der Waals surface area contributed by atoms with E-state index in [1.54, 1.807) is 12.1 Å². The van der Waals surface area contributed by atoms with E-state index in [9.17, 15) is 4.79 Å². The van der Waals surface area contributed by atoms with Crippen molar-refractivity contribution < 1.29 is 14.3 Å². The highest BCUT2D eigenvalue weighted by atomic mass is 35.5. The standard InChI is InChI=1S/C21H20ClNO3/c1-3-26-20-18(22)11-16(12-19(20)25-2)21(24)23-13-15-9-6-8-14-7-4-5-10-17(14)15/h4-12H,3,13H2,1-2H3,(H,23,24). The Kier molecular flexibility index (Phi) is 5.64. The second-order valence-corrected chi connectivity index (χ2v) is 6.15. The van der Waals surface area contributed by atoms with Gasteiger partial charge in [-0.2, -0.15) is 0 Å². The summed E-state index contributed by atoms with van der Waals surface area (Å²) >= 11 is 6.25. The lowest BCUT2D eigenvalue weighted by molar-refractivity contribution is 0.0950. The van der Waals surface area contributed by atoms with E-state index in [1.165, 1.54) is 7.11 Å². The summed E-state index contributed by atoms with van der Waals surface area (Å²) in [5, 5.41) is 5.56. The number of hydrogen-bond donors (Lipinski definition) is 1. The Hall–Kier alpha value is -2.72. The van der Waals surface area contributed by atoms with Crippen molar-refractivity contribution in [2.75, 3.05) is 13.7 Å². The summed E-state index contributed by atoms with van der Waals surface area (Å²) in [6.45, 7) is 2.75. The lowest BCUT2D eigenvalue weighted by atomic mass is 10.0. The smallest absolute Gasteiger partial charge is 0.251 e. The van der Waals surface area contributed by atoms with E-state index in [0.717, 1.165) is 16.3 Å². The lowest BCUT2D eigenvalue weighted by Gasteiger charge is -2.13. The summed E-state index contributed by atoms with van der Waals surface area (Å²) in [6, 6.07) is 17.4. The number of nitrogens with one attached hydrogen (secondary N) is 1. The first-order valence-corrected chi connectivity index (χ1v) is 8.77. The molecule has 4 nitrogen and oxygen atoms in total. The van der Waals surface area contributed by atoms with Crippen molar-refractivity contribution >= 4 is 28.3 Å².